The molecule has 0 saturated heterocycles. The van der Waals surface area contributed by atoms with Crippen LogP contribution in [0.4, 0.5) is 0 Å². The van der Waals surface area contributed by atoms with Crippen molar-refractivity contribution in [2.45, 2.75) is 0 Å². The summed E-state index contributed by atoms with van der Waals surface area (Å²) in [5, 5.41) is 19.6. The van der Waals surface area contributed by atoms with E-state index in [1.54, 1.807) is 0 Å². The summed E-state index contributed by atoms with van der Waals surface area (Å²) < 4.78 is 8.63. The van der Waals surface area contributed by atoms with Gasteiger partial charge < -0.3 is 19.2 Å². The van der Waals surface area contributed by atoms with Crippen molar-refractivity contribution in [3.05, 3.63) is 12.5 Å². The van der Waals surface area contributed by atoms with E-state index in [0.717, 1.165) is 6.26 Å². The number of rotatable bonds is 2. The summed E-state index contributed by atoms with van der Waals surface area (Å²) in [6, 6.07) is 0. The molecule has 0 amide bonds. The molecule has 0 atom stereocenters. The fourth-order valence-corrected chi connectivity index (χ4v) is 0.375. The van der Waals surface area contributed by atoms with Crippen molar-refractivity contribution in [2.24, 2.45) is 0 Å². The first kappa shape index (κ1) is 10.6. The number of hydrogen-bond acceptors (Lipinski definition) is 5. The Morgan fingerprint density at radius 2 is 2.30 bits per heavy atom. The standard InChI is InChI=1S/C3H4BNO4.K.H/c6-4(7)9-3-1-5-8-2-3;;/h1-2,6-7H;;. The average Bonchev–Trinajstić information content (AvgIpc) is 2.15. The van der Waals surface area contributed by atoms with Crippen LogP contribution in [-0.4, -0.2) is 73.9 Å². The third-order valence-corrected chi connectivity index (χ3v) is 0.651. The molecule has 5 nitrogen and oxygen atoms in total. The van der Waals surface area contributed by atoms with E-state index in [1.165, 1.54) is 6.20 Å². The van der Waals surface area contributed by atoms with E-state index in [-0.39, 0.29) is 57.1 Å². The molecule has 0 saturated carbocycles. The molecule has 7 heteroatoms. The van der Waals surface area contributed by atoms with E-state index in [1.807, 2.05) is 0 Å². The van der Waals surface area contributed by atoms with Crippen LogP contribution < -0.4 is 4.65 Å². The van der Waals surface area contributed by atoms with E-state index < -0.39 is 7.32 Å². The van der Waals surface area contributed by atoms with Gasteiger partial charge in [-0.05, 0) is 0 Å². The van der Waals surface area contributed by atoms with Gasteiger partial charge in [0.2, 0.25) is 0 Å². The summed E-state index contributed by atoms with van der Waals surface area (Å²) in [6.45, 7) is 0. The minimum absolute atomic E-state index is 0. The molecule has 0 fully saturated rings. The third kappa shape index (κ3) is 3.72. The fraction of sp³-hybridized carbons (Fsp3) is 0. The summed E-state index contributed by atoms with van der Waals surface area (Å²) >= 11 is 0. The molecule has 0 aliphatic heterocycles. The van der Waals surface area contributed by atoms with Crippen molar-refractivity contribution in [3.63, 3.8) is 0 Å². The Kier molecular flexibility index (Phi) is 5.64. The SMILES string of the molecule is OB(O)Oc1cnoc1.[KH]. The molecule has 0 bridgehead atoms. The van der Waals surface area contributed by atoms with Crippen molar-refractivity contribution in [1.29, 1.82) is 0 Å². The van der Waals surface area contributed by atoms with E-state index in [9.17, 15) is 0 Å². The Morgan fingerprint density at radius 1 is 1.60 bits per heavy atom. The first-order chi connectivity index (χ1) is 4.29. The second kappa shape index (κ2) is 5.30. The molecular formula is C3H5BKNO4. The maximum absolute atomic E-state index is 8.19. The van der Waals surface area contributed by atoms with Gasteiger partial charge in [0.25, 0.3) is 0 Å². The van der Waals surface area contributed by atoms with Crippen LogP contribution in [0.1, 0.15) is 0 Å². The molecule has 0 aliphatic rings. The van der Waals surface area contributed by atoms with Crippen LogP contribution in [-0.2, 0) is 0 Å². The van der Waals surface area contributed by atoms with Crippen LogP contribution in [0.5, 0.6) is 5.75 Å². The average molecular weight is 169 g/mol. The van der Waals surface area contributed by atoms with Crippen molar-refractivity contribution in [1.82, 2.24) is 5.16 Å². The molecule has 2 N–H and O–H groups in total. The molecule has 0 aromatic carbocycles. The van der Waals surface area contributed by atoms with Crippen molar-refractivity contribution in [3.8, 4) is 5.75 Å². The van der Waals surface area contributed by atoms with Crippen LogP contribution in [0.3, 0.4) is 0 Å². The molecule has 0 aliphatic carbocycles. The van der Waals surface area contributed by atoms with Gasteiger partial charge >= 0.3 is 58.7 Å². The molecule has 0 spiro atoms. The second-order valence-corrected chi connectivity index (χ2v) is 1.30. The summed E-state index contributed by atoms with van der Waals surface area (Å²) in [4.78, 5) is 0. The van der Waals surface area contributed by atoms with Gasteiger partial charge in [-0.25, -0.2) is 0 Å². The first-order valence-corrected chi connectivity index (χ1v) is 2.21. The molecule has 1 rings (SSSR count). The Morgan fingerprint density at radius 3 is 2.70 bits per heavy atom. The molecule has 0 unspecified atom stereocenters. The number of hydrogen-bond donors (Lipinski definition) is 2. The van der Waals surface area contributed by atoms with Gasteiger partial charge in [-0.15, -0.1) is 0 Å². The summed E-state index contributed by atoms with van der Waals surface area (Å²) in [5.74, 6) is 0.185. The maximum atomic E-state index is 8.19. The Labute approximate surface area is 99.9 Å². The molecule has 10 heavy (non-hydrogen) atoms. The van der Waals surface area contributed by atoms with Gasteiger partial charge in [0.05, 0.1) is 0 Å². The molecule has 1 aromatic rings. The summed E-state index contributed by atoms with van der Waals surface area (Å²) in [5.41, 5.74) is 0. The normalized spacial score (nSPS) is 8.20. The third-order valence-electron chi connectivity index (χ3n) is 0.651. The predicted octanol–water partition coefficient (Wildman–Crippen LogP) is -1.63. The second-order valence-electron chi connectivity index (χ2n) is 1.30. The van der Waals surface area contributed by atoms with Crippen molar-refractivity contribution < 1.29 is 19.2 Å². The monoisotopic (exact) mass is 169 g/mol. The van der Waals surface area contributed by atoms with Crippen LogP contribution in [0.25, 0.3) is 0 Å². The van der Waals surface area contributed by atoms with E-state index in [4.69, 9.17) is 10.0 Å². The van der Waals surface area contributed by atoms with E-state index >= 15 is 0 Å². The molecule has 1 aromatic heterocycles. The van der Waals surface area contributed by atoms with E-state index in [0.29, 0.717) is 0 Å². The summed E-state index contributed by atoms with van der Waals surface area (Å²) in [7, 11) is -1.82. The van der Waals surface area contributed by atoms with Crippen LogP contribution in [0.2, 0.25) is 0 Å². The number of nitrogens with zero attached hydrogens (tertiary/aromatic N) is 1. The zero-order valence-electron chi connectivity index (χ0n) is 4.39. The van der Waals surface area contributed by atoms with Crippen LogP contribution in [0.15, 0.2) is 17.0 Å². The first-order valence-electron chi connectivity index (χ1n) is 2.21. The minimum atomic E-state index is -1.82. The summed E-state index contributed by atoms with van der Waals surface area (Å²) in [6.07, 6.45) is 2.37. The van der Waals surface area contributed by atoms with Gasteiger partial charge in [0.1, 0.15) is 6.20 Å². The van der Waals surface area contributed by atoms with Crippen LogP contribution in [0, 0.1) is 0 Å². The molecule has 0 radical (unpaired) electrons. The fourth-order valence-electron chi connectivity index (χ4n) is 0.375. The van der Waals surface area contributed by atoms with Crippen molar-refractivity contribution in [2.75, 3.05) is 0 Å². The zero-order valence-corrected chi connectivity index (χ0v) is 4.39. The Hall–Kier alpha value is 0.631. The van der Waals surface area contributed by atoms with Gasteiger partial charge in [-0.1, -0.05) is 5.16 Å². The van der Waals surface area contributed by atoms with Crippen LogP contribution >= 0.6 is 0 Å². The van der Waals surface area contributed by atoms with Crippen molar-refractivity contribution >= 4 is 58.7 Å². The quantitative estimate of drug-likeness (QED) is 0.520. The van der Waals surface area contributed by atoms with Gasteiger partial charge in [0, 0.05) is 0 Å². The number of aromatic nitrogens is 1. The predicted molar refractivity (Wildman–Crippen MR) is 34.5 cm³/mol. The zero-order chi connectivity index (χ0) is 6.69. The van der Waals surface area contributed by atoms with Gasteiger partial charge in [-0.3, -0.25) is 0 Å². The topological polar surface area (TPSA) is 75.7 Å². The van der Waals surface area contributed by atoms with E-state index in [2.05, 4.69) is 14.3 Å². The van der Waals surface area contributed by atoms with Gasteiger partial charge in [-0.2, -0.15) is 0 Å². The molecular weight excluding hydrogens is 164 g/mol. The Bertz CT molecular complexity index is 167. The van der Waals surface area contributed by atoms with Gasteiger partial charge in [0.15, 0.2) is 12.0 Å². The molecule has 50 valence electrons. The Balaban J connectivity index is 0.000000810. The molecule has 1 heterocycles.